The van der Waals surface area contributed by atoms with E-state index in [4.69, 9.17) is 14.7 Å². The minimum absolute atomic E-state index is 0.0156. The third kappa shape index (κ3) is 8.41. The van der Waals surface area contributed by atoms with Crippen LogP contribution in [0.3, 0.4) is 0 Å². The van der Waals surface area contributed by atoms with E-state index in [2.05, 4.69) is 16.9 Å². The van der Waals surface area contributed by atoms with Crippen LogP contribution < -0.4 is 11.1 Å². The van der Waals surface area contributed by atoms with E-state index in [1.807, 2.05) is 6.92 Å². The summed E-state index contributed by atoms with van der Waals surface area (Å²) in [5.41, 5.74) is 5.91. The lowest BCUT2D eigenvalue weighted by atomic mass is 9.83. The number of ether oxygens (including phenoxy) is 1. The first kappa shape index (κ1) is 23.8. The van der Waals surface area contributed by atoms with E-state index in [1.54, 1.807) is 4.90 Å². The molecule has 0 bridgehead atoms. The first-order valence-corrected chi connectivity index (χ1v) is 10.4. The highest BCUT2D eigenvalue weighted by Crippen LogP contribution is 2.32. The number of halogens is 2. The minimum atomic E-state index is -0.897. The van der Waals surface area contributed by atoms with Crippen LogP contribution >= 0.6 is 12.0 Å². The summed E-state index contributed by atoms with van der Waals surface area (Å²) >= 11 is 1.05. The van der Waals surface area contributed by atoms with Gasteiger partial charge in [-0.25, -0.2) is 13.8 Å². The molecule has 1 atom stereocenters. The Morgan fingerprint density at radius 2 is 2.17 bits per heavy atom. The average molecular weight is 433 g/mol. The molecule has 7 nitrogen and oxygen atoms in total. The third-order valence-electron chi connectivity index (χ3n) is 4.54. The molecule has 1 saturated heterocycles. The molecule has 0 aromatic rings. The van der Waals surface area contributed by atoms with Gasteiger partial charge in [0.05, 0.1) is 50.1 Å². The van der Waals surface area contributed by atoms with Crippen LogP contribution in [0.5, 0.6) is 0 Å². The lowest BCUT2D eigenvalue weighted by Crippen LogP contribution is -2.50. The van der Waals surface area contributed by atoms with E-state index >= 15 is 0 Å². The molecule has 164 valence electrons. The second-order valence-electron chi connectivity index (χ2n) is 7.45. The smallest absolute Gasteiger partial charge is 0.217 e. The molecule has 2 fully saturated rings. The Morgan fingerprint density at radius 3 is 2.72 bits per heavy atom. The maximum Gasteiger partial charge on any atom is 0.217 e. The van der Waals surface area contributed by atoms with Crippen LogP contribution in [0.15, 0.2) is 29.2 Å². The molecule has 1 saturated carbocycles. The van der Waals surface area contributed by atoms with Gasteiger partial charge in [0.2, 0.25) is 5.91 Å². The summed E-state index contributed by atoms with van der Waals surface area (Å²) in [6.45, 7) is 8.06. The molecule has 0 aromatic heterocycles. The van der Waals surface area contributed by atoms with Gasteiger partial charge in [-0.3, -0.25) is 4.79 Å². The number of likely N-dealkylation sites (tertiary alicyclic amines) is 1. The second kappa shape index (κ2) is 11.6. The Hall–Kier alpha value is -1.49. The fraction of sp³-hybridized carbons (Fsp3) is 0.684. The van der Waals surface area contributed by atoms with Gasteiger partial charge in [-0.2, -0.15) is 0 Å². The van der Waals surface area contributed by atoms with Crippen LogP contribution in [0.25, 0.3) is 0 Å². The molecule has 1 amide bonds. The number of nitrogens with two attached hydrogens (primary N) is 1. The first-order valence-electron chi connectivity index (χ1n) is 9.67. The molecule has 1 aliphatic carbocycles. The highest BCUT2D eigenvalue weighted by Gasteiger charge is 2.32. The van der Waals surface area contributed by atoms with Crippen molar-refractivity contribution in [2.24, 2.45) is 16.6 Å². The number of amides is 1. The number of aliphatic imine (C=N–C) groups is 1. The Kier molecular flexibility index (Phi) is 9.54. The Balaban J connectivity index is 1.72. The summed E-state index contributed by atoms with van der Waals surface area (Å²) in [5, 5.41) is 3.25. The maximum absolute atomic E-state index is 13.2. The van der Waals surface area contributed by atoms with Crippen LogP contribution in [0.1, 0.15) is 26.7 Å². The summed E-state index contributed by atoms with van der Waals surface area (Å²) in [7, 11) is 0. The van der Waals surface area contributed by atoms with Crippen molar-refractivity contribution >= 4 is 23.1 Å². The minimum Gasteiger partial charge on any atom is -0.376 e. The highest BCUT2D eigenvalue weighted by atomic mass is 32.2. The van der Waals surface area contributed by atoms with Gasteiger partial charge in [0.1, 0.15) is 12.0 Å². The van der Waals surface area contributed by atoms with Crippen molar-refractivity contribution in [1.82, 2.24) is 10.2 Å². The molecule has 2 aliphatic rings. The Labute approximate surface area is 175 Å². The predicted molar refractivity (Wildman–Crippen MR) is 111 cm³/mol. The van der Waals surface area contributed by atoms with Gasteiger partial charge in [-0.05, 0) is 31.8 Å². The van der Waals surface area contributed by atoms with Crippen molar-refractivity contribution in [1.29, 1.82) is 0 Å². The van der Waals surface area contributed by atoms with E-state index in [-0.39, 0.29) is 37.7 Å². The Bertz CT molecular complexity index is 635. The third-order valence-corrected chi connectivity index (χ3v) is 5.29. The number of nitrogens with one attached hydrogen (secondary N) is 1. The number of allylic oxidation sites excluding steroid dienone is 2. The van der Waals surface area contributed by atoms with Gasteiger partial charge in [0, 0.05) is 19.5 Å². The van der Waals surface area contributed by atoms with E-state index < -0.39 is 12.0 Å². The molecular formula is C19H30F2N4O3S. The normalized spacial score (nSPS) is 24.0. The standard InChI is InChI=1S/C19H30F2N4O3S/c1-12(20)4-17(7-22)24-19(25-8-16(21)9-25)29-28-11-15-5-18(6-15)27-10-13(2)23-14(3)26/h4,13,15-16,18H,1,5-11,22H2,2-3H3,(H,23,26)/b17-4+,24-19-/t13-,15-,18-/m0/s1. The summed E-state index contributed by atoms with van der Waals surface area (Å²) in [6.07, 6.45) is 2.19. The molecule has 2 rings (SSSR count). The summed E-state index contributed by atoms with van der Waals surface area (Å²) in [6, 6.07) is -0.0156. The van der Waals surface area contributed by atoms with E-state index in [0.29, 0.717) is 30.0 Å². The largest absolute Gasteiger partial charge is 0.376 e. The number of hydrogen-bond donors (Lipinski definition) is 2. The highest BCUT2D eigenvalue weighted by molar-refractivity contribution is 8.09. The van der Waals surface area contributed by atoms with Gasteiger partial charge in [0.25, 0.3) is 0 Å². The number of amidine groups is 1. The zero-order valence-electron chi connectivity index (χ0n) is 16.9. The van der Waals surface area contributed by atoms with Crippen LogP contribution in [0.4, 0.5) is 8.78 Å². The number of carbonyl (C=O) groups is 1. The molecule has 29 heavy (non-hydrogen) atoms. The molecule has 0 radical (unpaired) electrons. The van der Waals surface area contributed by atoms with Crippen molar-refractivity contribution in [2.75, 3.05) is 32.8 Å². The van der Waals surface area contributed by atoms with Crippen molar-refractivity contribution in [3.8, 4) is 0 Å². The lowest BCUT2D eigenvalue weighted by molar-refractivity contribution is -0.120. The molecule has 1 heterocycles. The summed E-state index contributed by atoms with van der Waals surface area (Å²) < 4.78 is 37.7. The Morgan fingerprint density at radius 1 is 1.48 bits per heavy atom. The number of alkyl halides is 1. The molecule has 0 aromatic carbocycles. The van der Waals surface area contributed by atoms with Crippen molar-refractivity contribution < 1.29 is 22.5 Å². The summed E-state index contributed by atoms with van der Waals surface area (Å²) in [5.74, 6) is -0.342. The van der Waals surface area contributed by atoms with Gasteiger partial charge in [0.15, 0.2) is 5.17 Å². The predicted octanol–water partition coefficient (Wildman–Crippen LogP) is 2.31. The van der Waals surface area contributed by atoms with Crippen LogP contribution in [0.2, 0.25) is 0 Å². The lowest BCUT2D eigenvalue weighted by Gasteiger charge is -2.37. The van der Waals surface area contributed by atoms with Crippen molar-refractivity contribution in [3.05, 3.63) is 24.2 Å². The fourth-order valence-corrected chi connectivity index (χ4v) is 3.74. The topological polar surface area (TPSA) is 89.2 Å². The van der Waals surface area contributed by atoms with E-state index in [0.717, 1.165) is 31.0 Å². The maximum atomic E-state index is 13.2. The van der Waals surface area contributed by atoms with E-state index in [1.165, 1.54) is 6.92 Å². The van der Waals surface area contributed by atoms with E-state index in [9.17, 15) is 13.6 Å². The second-order valence-corrected chi connectivity index (χ2v) is 8.21. The zero-order valence-corrected chi connectivity index (χ0v) is 17.7. The van der Waals surface area contributed by atoms with Crippen molar-refractivity contribution in [2.45, 2.75) is 45.0 Å². The van der Waals surface area contributed by atoms with Gasteiger partial charge >= 0.3 is 0 Å². The monoisotopic (exact) mass is 432 g/mol. The average Bonchev–Trinajstić information content (AvgIpc) is 2.57. The number of hydrogen-bond acceptors (Lipinski definition) is 6. The molecule has 3 N–H and O–H groups in total. The van der Waals surface area contributed by atoms with Crippen molar-refractivity contribution in [3.63, 3.8) is 0 Å². The fourth-order valence-electron chi connectivity index (χ4n) is 2.96. The SMILES string of the molecule is C=C(F)/C=C(CN)/N=C(\SOC[C@H]1C[C@H](OC[C@H](C)NC(C)=O)C1)N1CC(F)C1. The quantitative estimate of drug-likeness (QED) is 0.238. The molecule has 1 aliphatic heterocycles. The number of nitrogens with zero attached hydrogens (tertiary/aromatic N) is 2. The molecular weight excluding hydrogens is 402 g/mol. The molecule has 0 spiro atoms. The summed E-state index contributed by atoms with van der Waals surface area (Å²) in [4.78, 5) is 17.0. The van der Waals surface area contributed by atoms with Gasteiger partial charge in [-0.1, -0.05) is 6.58 Å². The van der Waals surface area contributed by atoms with Crippen LogP contribution in [0, 0.1) is 5.92 Å². The number of rotatable bonds is 10. The molecule has 0 unspecified atom stereocenters. The first-order chi connectivity index (χ1) is 13.8. The van der Waals surface area contributed by atoms with Gasteiger partial charge in [-0.15, -0.1) is 0 Å². The van der Waals surface area contributed by atoms with Crippen LogP contribution in [-0.2, 0) is 13.7 Å². The van der Waals surface area contributed by atoms with Gasteiger partial charge < -0.3 is 24.9 Å². The van der Waals surface area contributed by atoms with Crippen LogP contribution in [-0.4, -0.2) is 67.1 Å². The zero-order chi connectivity index (χ0) is 21.4. The number of carbonyl (C=O) groups excluding carboxylic acids is 1. The molecule has 10 heteroatoms.